The minimum atomic E-state index is -0.808. The van der Waals surface area contributed by atoms with Gasteiger partial charge in [-0.1, -0.05) is 46.0 Å². The Labute approximate surface area is 117 Å². The van der Waals surface area contributed by atoms with E-state index in [9.17, 15) is 9.59 Å². The van der Waals surface area contributed by atoms with Gasteiger partial charge in [0.25, 0.3) is 6.47 Å². The van der Waals surface area contributed by atoms with Gasteiger partial charge >= 0.3 is 5.97 Å². The zero-order valence-corrected chi connectivity index (χ0v) is 12.7. The van der Waals surface area contributed by atoms with Crippen molar-refractivity contribution in [2.45, 2.75) is 71.9 Å². The molecule has 4 nitrogen and oxygen atoms in total. The van der Waals surface area contributed by atoms with Crippen LogP contribution in [0.5, 0.6) is 0 Å². The first-order chi connectivity index (χ1) is 9.00. The highest BCUT2D eigenvalue weighted by atomic mass is 16.7. The first kappa shape index (κ1) is 18.0. The van der Waals surface area contributed by atoms with Crippen LogP contribution < -0.4 is 0 Å². The van der Waals surface area contributed by atoms with Crippen LogP contribution in [-0.4, -0.2) is 26.5 Å². The van der Waals surface area contributed by atoms with Crippen molar-refractivity contribution in [2.75, 3.05) is 0 Å². The Kier molecular flexibility index (Phi) is 9.36. The largest absolute Gasteiger partial charge is 0.437 e. The van der Waals surface area contributed by atoms with Crippen LogP contribution in [0.15, 0.2) is 0 Å². The standard InChI is InChI=1S/C14H27BO4/c1-4-6-7-8-10-14(3,9-5-2)12(17)19-13(15)18-11-16/h11,13H,4-10,15H2,1-3H3. The number of esters is 1. The molecule has 2 atom stereocenters. The maximum absolute atomic E-state index is 12.2. The van der Waals surface area contributed by atoms with E-state index in [1.54, 1.807) is 7.85 Å². The van der Waals surface area contributed by atoms with E-state index in [2.05, 4.69) is 18.6 Å². The third kappa shape index (κ3) is 7.23. The van der Waals surface area contributed by atoms with Crippen molar-refractivity contribution in [3.63, 3.8) is 0 Å². The van der Waals surface area contributed by atoms with Crippen molar-refractivity contribution >= 4 is 20.3 Å². The van der Waals surface area contributed by atoms with Gasteiger partial charge in [-0.05, 0) is 19.8 Å². The van der Waals surface area contributed by atoms with Gasteiger partial charge in [0.15, 0.2) is 0 Å². The van der Waals surface area contributed by atoms with Crippen LogP contribution in [0.4, 0.5) is 0 Å². The van der Waals surface area contributed by atoms with Gasteiger partial charge in [-0.3, -0.25) is 9.59 Å². The van der Waals surface area contributed by atoms with Gasteiger partial charge in [0.2, 0.25) is 14.0 Å². The first-order valence-corrected chi connectivity index (χ1v) is 7.30. The summed E-state index contributed by atoms with van der Waals surface area (Å²) in [6.45, 7) is 6.47. The second-order valence-electron chi connectivity index (χ2n) is 5.33. The van der Waals surface area contributed by atoms with Crippen molar-refractivity contribution in [3.05, 3.63) is 0 Å². The molecule has 0 aliphatic carbocycles. The van der Waals surface area contributed by atoms with Gasteiger partial charge in [0, 0.05) is 0 Å². The van der Waals surface area contributed by atoms with E-state index in [0.29, 0.717) is 6.47 Å². The molecule has 0 radical (unpaired) electrons. The SMILES string of the molecule is BC(OC=O)OC(=O)C(C)(CCC)CCCCCC. The minimum Gasteiger partial charge on any atom is -0.437 e. The number of ether oxygens (including phenoxy) is 2. The molecule has 0 N–H and O–H groups in total. The van der Waals surface area contributed by atoms with Gasteiger partial charge in [0.05, 0.1) is 5.41 Å². The Morgan fingerprint density at radius 3 is 2.42 bits per heavy atom. The molecule has 0 heterocycles. The molecule has 5 heteroatoms. The van der Waals surface area contributed by atoms with Crippen LogP contribution in [0.3, 0.4) is 0 Å². The zero-order valence-electron chi connectivity index (χ0n) is 12.7. The molecule has 0 rings (SSSR count). The molecular formula is C14H27BO4. The molecule has 0 saturated heterocycles. The monoisotopic (exact) mass is 270 g/mol. The number of hydrogen-bond acceptors (Lipinski definition) is 4. The lowest BCUT2D eigenvalue weighted by molar-refractivity contribution is -0.176. The second kappa shape index (κ2) is 9.87. The fourth-order valence-electron chi connectivity index (χ4n) is 2.22. The summed E-state index contributed by atoms with van der Waals surface area (Å²) >= 11 is 0. The lowest BCUT2D eigenvalue weighted by atomic mass is 9.80. The molecule has 0 fully saturated rings. The van der Waals surface area contributed by atoms with E-state index in [0.717, 1.165) is 32.1 Å². The maximum atomic E-state index is 12.2. The van der Waals surface area contributed by atoms with Gasteiger partial charge in [-0.25, -0.2) is 0 Å². The highest BCUT2D eigenvalue weighted by Gasteiger charge is 2.34. The Hall–Kier alpha value is -0.995. The molecule has 0 aromatic heterocycles. The summed E-state index contributed by atoms with van der Waals surface area (Å²) in [5.41, 5.74) is -0.469. The third-order valence-corrected chi connectivity index (χ3v) is 3.40. The average Bonchev–Trinajstić information content (AvgIpc) is 2.35. The lowest BCUT2D eigenvalue weighted by Gasteiger charge is -2.28. The molecular weight excluding hydrogens is 243 g/mol. The predicted molar refractivity (Wildman–Crippen MR) is 77.3 cm³/mol. The molecule has 0 aliphatic heterocycles. The topological polar surface area (TPSA) is 52.6 Å². The van der Waals surface area contributed by atoms with E-state index >= 15 is 0 Å². The quantitative estimate of drug-likeness (QED) is 0.190. The van der Waals surface area contributed by atoms with Crippen LogP contribution in [0.2, 0.25) is 0 Å². The Bertz CT molecular complexity index is 270. The van der Waals surface area contributed by atoms with Crippen LogP contribution >= 0.6 is 0 Å². The normalized spacial score (nSPS) is 15.3. The summed E-state index contributed by atoms with van der Waals surface area (Å²) in [6.07, 6.45) is 6.30. The molecule has 0 spiro atoms. The Morgan fingerprint density at radius 1 is 1.21 bits per heavy atom. The molecule has 0 aliphatic rings. The summed E-state index contributed by atoms with van der Waals surface area (Å²) in [4.78, 5) is 22.4. The average molecular weight is 270 g/mol. The zero-order chi connectivity index (χ0) is 14.7. The maximum Gasteiger partial charge on any atom is 0.314 e. The molecule has 19 heavy (non-hydrogen) atoms. The van der Waals surface area contributed by atoms with Crippen LogP contribution in [-0.2, 0) is 19.1 Å². The number of rotatable bonds is 11. The van der Waals surface area contributed by atoms with Crippen LogP contribution in [0.1, 0.15) is 65.7 Å². The molecule has 0 amide bonds. The molecule has 110 valence electrons. The van der Waals surface area contributed by atoms with E-state index < -0.39 is 11.6 Å². The molecule has 0 bridgehead atoms. The van der Waals surface area contributed by atoms with E-state index in [1.807, 2.05) is 6.92 Å². The Morgan fingerprint density at radius 2 is 1.89 bits per heavy atom. The van der Waals surface area contributed by atoms with Crippen molar-refractivity contribution in [1.29, 1.82) is 0 Å². The fourth-order valence-corrected chi connectivity index (χ4v) is 2.22. The number of unbranched alkanes of at least 4 members (excludes halogenated alkanes) is 3. The van der Waals surface area contributed by atoms with Crippen molar-refractivity contribution in [2.24, 2.45) is 5.41 Å². The summed E-state index contributed by atoms with van der Waals surface area (Å²) in [5.74, 6) is -0.264. The van der Waals surface area contributed by atoms with Gasteiger partial charge in [0.1, 0.15) is 0 Å². The van der Waals surface area contributed by atoms with E-state index in [4.69, 9.17) is 4.74 Å². The number of carbonyl (C=O) groups is 2. The summed E-state index contributed by atoms with van der Waals surface area (Å²) in [5, 5.41) is 0. The molecule has 2 unspecified atom stereocenters. The minimum absolute atomic E-state index is 0.264. The molecule has 0 saturated carbocycles. The van der Waals surface area contributed by atoms with Gasteiger partial charge in [-0.2, -0.15) is 0 Å². The summed E-state index contributed by atoms with van der Waals surface area (Å²) in [6, 6.07) is 0. The summed E-state index contributed by atoms with van der Waals surface area (Å²) in [7, 11) is 1.55. The molecule has 0 aromatic carbocycles. The van der Waals surface area contributed by atoms with Gasteiger partial charge < -0.3 is 9.47 Å². The highest BCUT2D eigenvalue weighted by molar-refractivity contribution is 6.11. The van der Waals surface area contributed by atoms with Crippen LogP contribution in [0, 0.1) is 5.41 Å². The van der Waals surface area contributed by atoms with Gasteiger partial charge in [-0.15, -0.1) is 0 Å². The smallest absolute Gasteiger partial charge is 0.314 e. The number of hydrogen-bond donors (Lipinski definition) is 0. The predicted octanol–water partition coefficient (Wildman–Crippen LogP) is 2.40. The van der Waals surface area contributed by atoms with E-state index in [-0.39, 0.29) is 5.97 Å². The fraction of sp³-hybridized carbons (Fsp3) is 0.857. The third-order valence-electron chi connectivity index (χ3n) is 3.40. The highest BCUT2D eigenvalue weighted by Crippen LogP contribution is 2.32. The van der Waals surface area contributed by atoms with E-state index in [1.165, 1.54) is 12.8 Å². The van der Waals surface area contributed by atoms with Crippen molar-refractivity contribution < 1.29 is 19.1 Å². The van der Waals surface area contributed by atoms with Crippen molar-refractivity contribution in [3.8, 4) is 0 Å². The second-order valence-corrected chi connectivity index (χ2v) is 5.33. The Balaban J connectivity index is 4.39. The van der Waals surface area contributed by atoms with Crippen LogP contribution in [0.25, 0.3) is 0 Å². The van der Waals surface area contributed by atoms with Crippen molar-refractivity contribution in [1.82, 2.24) is 0 Å². The molecule has 0 aromatic rings. The first-order valence-electron chi connectivity index (χ1n) is 7.30. The number of carbonyl (C=O) groups excluding carboxylic acids is 2. The summed E-state index contributed by atoms with van der Waals surface area (Å²) < 4.78 is 9.78. The lowest BCUT2D eigenvalue weighted by Crippen LogP contribution is -2.34.